The standard InChI is InChI=1S/C14H20N4O2S/c1-2-15-12-13-6-3-4-7-14(13)21(19,20)17-9-11-18-10-5-8-16-18/h3-8,10,15,17H,2,9,11-12H2,1H3. The highest BCUT2D eigenvalue weighted by Gasteiger charge is 2.17. The molecule has 0 unspecified atom stereocenters. The van der Waals surface area contributed by atoms with E-state index in [1.807, 2.05) is 19.1 Å². The Morgan fingerprint density at radius 2 is 2.05 bits per heavy atom. The smallest absolute Gasteiger partial charge is 0.240 e. The fourth-order valence-corrected chi connectivity index (χ4v) is 3.24. The van der Waals surface area contributed by atoms with E-state index in [9.17, 15) is 8.42 Å². The summed E-state index contributed by atoms with van der Waals surface area (Å²) in [4.78, 5) is 0.325. The first-order chi connectivity index (χ1) is 10.1. The first-order valence-corrected chi connectivity index (χ1v) is 8.37. The van der Waals surface area contributed by atoms with Gasteiger partial charge in [0.1, 0.15) is 0 Å². The third-order valence-electron chi connectivity index (χ3n) is 3.02. The molecule has 2 aromatic rings. The summed E-state index contributed by atoms with van der Waals surface area (Å²) < 4.78 is 29.1. The molecule has 0 spiro atoms. The van der Waals surface area contributed by atoms with Crippen molar-refractivity contribution in [2.24, 2.45) is 0 Å². The van der Waals surface area contributed by atoms with Crippen molar-refractivity contribution in [3.8, 4) is 0 Å². The molecule has 0 atom stereocenters. The molecule has 1 aromatic heterocycles. The van der Waals surface area contributed by atoms with E-state index < -0.39 is 10.0 Å². The van der Waals surface area contributed by atoms with Crippen molar-refractivity contribution in [3.63, 3.8) is 0 Å². The summed E-state index contributed by atoms with van der Waals surface area (Å²) >= 11 is 0. The van der Waals surface area contributed by atoms with Gasteiger partial charge in [-0.2, -0.15) is 5.10 Å². The van der Waals surface area contributed by atoms with E-state index in [2.05, 4.69) is 15.1 Å². The van der Waals surface area contributed by atoms with Crippen LogP contribution in [0.5, 0.6) is 0 Å². The van der Waals surface area contributed by atoms with Crippen LogP contribution in [0, 0.1) is 0 Å². The molecule has 2 N–H and O–H groups in total. The fraction of sp³-hybridized carbons (Fsp3) is 0.357. The van der Waals surface area contributed by atoms with Gasteiger partial charge in [-0.25, -0.2) is 13.1 Å². The van der Waals surface area contributed by atoms with Crippen LogP contribution in [0.3, 0.4) is 0 Å². The predicted molar refractivity (Wildman–Crippen MR) is 81.2 cm³/mol. The number of sulfonamides is 1. The Hall–Kier alpha value is -1.70. The monoisotopic (exact) mass is 308 g/mol. The lowest BCUT2D eigenvalue weighted by atomic mass is 10.2. The van der Waals surface area contributed by atoms with E-state index in [4.69, 9.17) is 0 Å². The number of nitrogens with zero attached hydrogens (tertiary/aromatic N) is 2. The molecule has 114 valence electrons. The Labute approximate surface area is 125 Å². The van der Waals surface area contributed by atoms with Gasteiger partial charge in [0.05, 0.1) is 11.4 Å². The zero-order valence-electron chi connectivity index (χ0n) is 12.0. The lowest BCUT2D eigenvalue weighted by Gasteiger charge is -2.11. The van der Waals surface area contributed by atoms with Gasteiger partial charge in [0.25, 0.3) is 0 Å². The Balaban J connectivity index is 2.04. The maximum Gasteiger partial charge on any atom is 0.240 e. The largest absolute Gasteiger partial charge is 0.313 e. The minimum absolute atomic E-state index is 0.305. The molecule has 0 saturated carbocycles. The molecule has 2 rings (SSSR count). The highest BCUT2D eigenvalue weighted by atomic mass is 32.2. The lowest BCUT2D eigenvalue weighted by Crippen LogP contribution is -2.29. The van der Waals surface area contributed by atoms with Crippen molar-refractivity contribution >= 4 is 10.0 Å². The SMILES string of the molecule is CCNCc1ccccc1S(=O)(=O)NCCn1cccn1. The first-order valence-electron chi connectivity index (χ1n) is 6.89. The van der Waals surface area contributed by atoms with Crippen molar-refractivity contribution in [2.45, 2.75) is 24.9 Å². The van der Waals surface area contributed by atoms with Crippen molar-refractivity contribution in [2.75, 3.05) is 13.1 Å². The third-order valence-corrected chi connectivity index (χ3v) is 4.58. The lowest BCUT2D eigenvalue weighted by molar-refractivity contribution is 0.559. The number of hydrogen-bond acceptors (Lipinski definition) is 4. The van der Waals surface area contributed by atoms with E-state index >= 15 is 0 Å². The van der Waals surface area contributed by atoms with Gasteiger partial charge < -0.3 is 5.32 Å². The van der Waals surface area contributed by atoms with Crippen LogP contribution >= 0.6 is 0 Å². The summed E-state index contributed by atoms with van der Waals surface area (Å²) in [5.74, 6) is 0. The van der Waals surface area contributed by atoms with Gasteiger partial charge in [-0.3, -0.25) is 4.68 Å². The molecule has 0 aliphatic carbocycles. The molecule has 0 fully saturated rings. The second-order valence-corrected chi connectivity index (χ2v) is 6.29. The fourth-order valence-electron chi connectivity index (χ4n) is 1.98. The van der Waals surface area contributed by atoms with Gasteiger partial charge in [-0.15, -0.1) is 0 Å². The maximum atomic E-state index is 12.4. The van der Waals surface area contributed by atoms with Gasteiger partial charge in [0.2, 0.25) is 10.0 Å². The maximum absolute atomic E-state index is 12.4. The van der Waals surface area contributed by atoms with Crippen LogP contribution in [0.1, 0.15) is 12.5 Å². The normalized spacial score (nSPS) is 11.7. The van der Waals surface area contributed by atoms with E-state index in [0.29, 0.717) is 24.5 Å². The Morgan fingerprint density at radius 1 is 1.24 bits per heavy atom. The Bertz CT molecular complexity index is 653. The third kappa shape index (κ3) is 4.38. The van der Waals surface area contributed by atoms with Crippen LogP contribution in [0.15, 0.2) is 47.6 Å². The van der Waals surface area contributed by atoms with E-state index in [0.717, 1.165) is 12.1 Å². The van der Waals surface area contributed by atoms with E-state index in [-0.39, 0.29) is 0 Å². The van der Waals surface area contributed by atoms with Crippen LogP contribution in [-0.4, -0.2) is 31.3 Å². The van der Waals surface area contributed by atoms with Gasteiger partial charge in [0, 0.05) is 25.5 Å². The predicted octanol–water partition coefficient (Wildman–Crippen LogP) is 0.971. The van der Waals surface area contributed by atoms with Crippen molar-refractivity contribution in [1.29, 1.82) is 0 Å². The molecular weight excluding hydrogens is 288 g/mol. The summed E-state index contributed by atoms with van der Waals surface area (Å²) in [5, 5.41) is 7.19. The van der Waals surface area contributed by atoms with Crippen LogP contribution in [0.2, 0.25) is 0 Å². The topological polar surface area (TPSA) is 76.0 Å². The van der Waals surface area contributed by atoms with Crippen LogP contribution in [-0.2, 0) is 23.1 Å². The number of nitrogens with one attached hydrogen (secondary N) is 2. The minimum Gasteiger partial charge on any atom is -0.313 e. The summed E-state index contributed by atoms with van der Waals surface area (Å²) in [7, 11) is -3.51. The van der Waals surface area contributed by atoms with Crippen LogP contribution in [0.4, 0.5) is 0 Å². The van der Waals surface area contributed by atoms with Gasteiger partial charge in [-0.1, -0.05) is 25.1 Å². The highest BCUT2D eigenvalue weighted by molar-refractivity contribution is 7.89. The second kappa shape index (κ2) is 7.35. The highest BCUT2D eigenvalue weighted by Crippen LogP contribution is 2.14. The Morgan fingerprint density at radius 3 is 2.76 bits per heavy atom. The average molecular weight is 308 g/mol. The summed E-state index contributed by atoms with van der Waals surface area (Å²) in [6.07, 6.45) is 3.47. The molecule has 21 heavy (non-hydrogen) atoms. The van der Waals surface area contributed by atoms with E-state index in [1.54, 1.807) is 35.3 Å². The molecule has 0 bridgehead atoms. The summed E-state index contributed by atoms with van der Waals surface area (Å²) in [6, 6.07) is 8.83. The molecule has 0 radical (unpaired) electrons. The van der Waals surface area contributed by atoms with Gasteiger partial charge in [-0.05, 0) is 24.2 Å². The molecule has 0 aliphatic rings. The number of hydrogen-bond donors (Lipinski definition) is 2. The Kier molecular flexibility index (Phi) is 5.49. The first kappa shape index (κ1) is 15.7. The van der Waals surface area contributed by atoms with Crippen LogP contribution < -0.4 is 10.0 Å². The summed E-state index contributed by atoms with van der Waals surface area (Å²) in [6.45, 7) is 4.12. The van der Waals surface area contributed by atoms with Crippen molar-refractivity contribution in [1.82, 2.24) is 19.8 Å². The molecular formula is C14H20N4O2S. The number of rotatable bonds is 8. The van der Waals surface area contributed by atoms with Crippen molar-refractivity contribution < 1.29 is 8.42 Å². The van der Waals surface area contributed by atoms with Crippen LogP contribution in [0.25, 0.3) is 0 Å². The summed E-state index contributed by atoms with van der Waals surface area (Å²) in [5.41, 5.74) is 0.769. The molecule has 7 heteroatoms. The van der Waals surface area contributed by atoms with Gasteiger partial charge >= 0.3 is 0 Å². The molecule has 1 aromatic carbocycles. The molecule has 0 amide bonds. The van der Waals surface area contributed by atoms with E-state index in [1.165, 1.54) is 0 Å². The van der Waals surface area contributed by atoms with Crippen molar-refractivity contribution in [3.05, 3.63) is 48.3 Å². The zero-order valence-corrected chi connectivity index (χ0v) is 12.8. The number of aromatic nitrogens is 2. The second-order valence-electron chi connectivity index (χ2n) is 4.55. The quantitative estimate of drug-likeness (QED) is 0.762. The van der Waals surface area contributed by atoms with Gasteiger partial charge in [0.15, 0.2) is 0 Å². The molecule has 0 aliphatic heterocycles. The minimum atomic E-state index is -3.51. The molecule has 1 heterocycles. The number of benzene rings is 1. The molecule has 0 saturated heterocycles. The zero-order chi connectivity index (χ0) is 15.1. The average Bonchev–Trinajstić information content (AvgIpc) is 2.98. The molecule has 6 nitrogen and oxygen atoms in total.